The first-order chi connectivity index (χ1) is 6.09. The molecule has 0 atom stereocenters. The smallest absolute Gasteiger partial charge is 0.0331 e. The summed E-state index contributed by atoms with van der Waals surface area (Å²) >= 11 is 5.23. The highest BCUT2D eigenvalue weighted by Gasteiger charge is 2.00. The number of hydrogen-bond acceptors (Lipinski definition) is 2. The Hall–Kier alpha value is -0.410. The van der Waals surface area contributed by atoms with Gasteiger partial charge in [0, 0.05) is 20.8 Å². The largest absolute Gasteiger partial charge is 0.399 e. The van der Waals surface area contributed by atoms with Gasteiger partial charge in [-0.05, 0) is 41.1 Å². The molecule has 0 radical (unpaired) electrons. The molecule has 1 aromatic rings. The first-order valence-corrected chi connectivity index (χ1v) is 5.69. The summed E-state index contributed by atoms with van der Waals surface area (Å²) in [5.74, 6) is 0.947. The molecular weight excluding hydrogens is 246 g/mol. The summed E-state index contributed by atoms with van der Waals surface area (Å²) in [5, 5.41) is 0. The lowest BCUT2D eigenvalue weighted by Gasteiger charge is -2.04. The molecule has 0 bridgehead atoms. The second-order valence-electron chi connectivity index (χ2n) is 2.94. The summed E-state index contributed by atoms with van der Waals surface area (Å²) in [7, 11) is 0. The van der Waals surface area contributed by atoms with E-state index >= 15 is 0 Å². The molecule has 0 aromatic heterocycles. The summed E-state index contributed by atoms with van der Waals surface area (Å²) in [5.41, 5.74) is 7.59. The van der Waals surface area contributed by atoms with Crippen LogP contribution in [0.5, 0.6) is 0 Å². The van der Waals surface area contributed by atoms with Gasteiger partial charge in [-0.2, -0.15) is 0 Å². The van der Waals surface area contributed by atoms with Crippen LogP contribution in [0.1, 0.15) is 6.92 Å². The number of nitrogens with two attached hydrogens (primary N) is 1. The van der Waals surface area contributed by atoms with Crippen molar-refractivity contribution in [3.05, 3.63) is 34.8 Å². The van der Waals surface area contributed by atoms with Crippen molar-refractivity contribution < 1.29 is 0 Å². The summed E-state index contributed by atoms with van der Waals surface area (Å²) in [6.07, 6.45) is 0. The predicted octanol–water partition coefficient (Wildman–Crippen LogP) is 3.70. The van der Waals surface area contributed by atoms with E-state index in [4.69, 9.17) is 5.73 Å². The minimum absolute atomic E-state index is 0.784. The second kappa shape index (κ2) is 4.72. The zero-order valence-electron chi connectivity index (χ0n) is 7.51. The summed E-state index contributed by atoms with van der Waals surface area (Å²) in [6.45, 7) is 5.88. The van der Waals surface area contributed by atoms with Crippen molar-refractivity contribution in [2.75, 3.05) is 11.5 Å². The lowest BCUT2D eigenvalue weighted by Crippen LogP contribution is -1.86. The van der Waals surface area contributed by atoms with E-state index in [0.717, 1.165) is 15.9 Å². The SMILES string of the molecule is C=C(C)CSc1ccc(N)cc1Br. The first-order valence-electron chi connectivity index (χ1n) is 3.92. The Morgan fingerprint density at radius 3 is 2.85 bits per heavy atom. The van der Waals surface area contributed by atoms with E-state index in [2.05, 4.69) is 22.5 Å². The van der Waals surface area contributed by atoms with Crippen LogP contribution in [-0.2, 0) is 0 Å². The number of halogens is 1. The molecule has 0 heterocycles. The Labute approximate surface area is 91.5 Å². The summed E-state index contributed by atoms with van der Waals surface area (Å²) in [4.78, 5) is 1.21. The molecule has 1 nitrogen and oxygen atoms in total. The Balaban J connectivity index is 2.72. The van der Waals surface area contributed by atoms with E-state index in [0.29, 0.717) is 0 Å². The molecule has 0 unspecified atom stereocenters. The maximum absolute atomic E-state index is 5.63. The number of benzene rings is 1. The highest BCUT2D eigenvalue weighted by Crippen LogP contribution is 2.29. The molecule has 0 aliphatic heterocycles. The Bertz CT molecular complexity index is 323. The monoisotopic (exact) mass is 257 g/mol. The van der Waals surface area contributed by atoms with Crippen LogP contribution < -0.4 is 5.73 Å². The number of nitrogen functional groups attached to an aromatic ring is 1. The van der Waals surface area contributed by atoms with Crippen molar-refractivity contribution in [3.63, 3.8) is 0 Å². The van der Waals surface area contributed by atoms with Gasteiger partial charge in [-0.15, -0.1) is 11.8 Å². The molecule has 0 aliphatic rings. The first kappa shape index (κ1) is 10.7. The molecule has 0 saturated carbocycles. The van der Waals surface area contributed by atoms with Crippen LogP contribution in [0.25, 0.3) is 0 Å². The van der Waals surface area contributed by atoms with Gasteiger partial charge in [-0.25, -0.2) is 0 Å². The highest BCUT2D eigenvalue weighted by molar-refractivity contribution is 9.10. The Morgan fingerprint density at radius 2 is 2.31 bits per heavy atom. The molecule has 13 heavy (non-hydrogen) atoms. The zero-order chi connectivity index (χ0) is 9.84. The van der Waals surface area contributed by atoms with Gasteiger partial charge in [0.05, 0.1) is 0 Å². The quantitative estimate of drug-likeness (QED) is 0.508. The molecule has 0 amide bonds. The van der Waals surface area contributed by atoms with Crippen molar-refractivity contribution >= 4 is 33.4 Å². The van der Waals surface area contributed by atoms with Gasteiger partial charge in [0.2, 0.25) is 0 Å². The van der Waals surface area contributed by atoms with Crippen molar-refractivity contribution in [3.8, 4) is 0 Å². The van der Waals surface area contributed by atoms with Gasteiger partial charge in [-0.3, -0.25) is 0 Å². The lowest BCUT2D eigenvalue weighted by atomic mass is 10.3. The van der Waals surface area contributed by atoms with Gasteiger partial charge < -0.3 is 5.73 Å². The third kappa shape index (κ3) is 3.44. The van der Waals surface area contributed by atoms with E-state index in [1.165, 1.54) is 10.5 Å². The fraction of sp³-hybridized carbons (Fsp3) is 0.200. The molecule has 1 aromatic carbocycles. The van der Waals surface area contributed by atoms with Gasteiger partial charge in [0.15, 0.2) is 0 Å². The number of hydrogen-bond donors (Lipinski definition) is 1. The van der Waals surface area contributed by atoms with E-state index in [9.17, 15) is 0 Å². The summed E-state index contributed by atoms with van der Waals surface area (Å²) < 4.78 is 1.05. The van der Waals surface area contributed by atoms with Crippen molar-refractivity contribution in [2.24, 2.45) is 0 Å². The topological polar surface area (TPSA) is 26.0 Å². The van der Waals surface area contributed by atoms with Gasteiger partial charge in [0.25, 0.3) is 0 Å². The van der Waals surface area contributed by atoms with Crippen molar-refractivity contribution in [2.45, 2.75) is 11.8 Å². The van der Waals surface area contributed by atoms with Crippen LogP contribution in [-0.4, -0.2) is 5.75 Å². The molecule has 1 rings (SSSR count). The highest BCUT2D eigenvalue weighted by atomic mass is 79.9. The van der Waals surface area contributed by atoms with E-state index in [1.807, 2.05) is 25.1 Å². The fourth-order valence-corrected chi connectivity index (χ4v) is 2.34. The van der Waals surface area contributed by atoms with Crippen LogP contribution in [0.3, 0.4) is 0 Å². The van der Waals surface area contributed by atoms with E-state index < -0.39 is 0 Å². The standard InChI is InChI=1S/C10H12BrNS/c1-7(2)6-13-10-4-3-8(12)5-9(10)11/h3-5H,1,6,12H2,2H3. The van der Waals surface area contributed by atoms with Crippen LogP contribution in [0.15, 0.2) is 39.7 Å². The minimum atomic E-state index is 0.784. The number of thioether (sulfide) groups is 1. The van der Waals surface area contributed by atoms with E-state index in [-0.39, 0.29) is 0 Å². The summed E-state index contributed by atoms with van der Waals surface area (Å²) in [6, 6.07) is 5.85. The third-order valence-electron chi connectivity index (χ3n) is 1.43. The van der Waals surface area contributed by atoms with Crippen LogP contribution in [0.4, 0.5) is 5.69 Å². The van der Waals surface area contributed by atoms with Gasteiger partial charge in [0.1, 0.15) is 0 Å². The average Bonchev–Trinajstić information content (AvgIpc) is 2.02. The van der Waals surface area contributed by atoms with Crippen LogP contribution >= 0.6 is 27.7 Å². The molecule has 0 fully saturated rings. The van der Waals surface area contributed by atoms with Gasteiger partial charge in [-0.1, -0.05) is 12.2 Å². The van der Waals surface area contributed by atoms with Gasteiger partial charge >= 0.3 is 0 Å². The minimum Gasteiger partial charge on any atom is -0.399 e. The number of anilines is 1. The number of rotatable bonds is 3. The van der Waals surface area contributed by atoms with Crippen molar-refractivity contribution in [1.82, 2.24) is 0 Å². The molecular formula is C10H12BrNS. The maximum Gasteiger partial charge on any atom is 0.0331 e. The van der Waals surface area contributed by atoms with Crippen molar-refractivity contribution in [1.29, 1.82) is 0 Å². The Morgan fingerprint density at radius 1 is 1.62 bits per heavy atom. The van der Waals surface area contributed by atoms with Crippen LogP contribution in [0, 0.1) is 0 Å². The Kier molecular flexibility index (Phi) is 3.88. The fourth-order valence-electron chi connectivity index (χ4n) is 0.835. The second-order valence-corrected chi connectivity index (χ2v) is 4.81. The molecule has 0 aliphatic carbocycles. The third-order valence-corrected chi connectivity index (χ3v) is 3.65. The molecule has 3 heteroatoms. The maximum atomic E-state index is 5.63. The zero-order valence-corrected chi connectivity index (χ0v) is 9.91. The molecule has 0 saturated heterocycles. The predicted molar refractivity (Wildman–Crippen MR) is 64.1 cm³/mol. The molecule has 70 valence electrons. The average molecular weight is 258 g/mol. The van der Waals surface area contributed by atoms with E-state index in [1.54, 1.807) is 11.8 Å². The molecule has 0 spiro atoms. The molecule has 2 N–H and O–H groups in total. The van der Waals surface area contributed by atoms with Crippen LogP contribution in [0.2, 0.25) is 0 Å². The normalized spacial score (nSPS) is 10.0. The lowest BCUT2D eigenvalue weighted by molar-refractivity contribution is 1.38.